The molecule has 84 valence electrons. The van der Waals surface area contributed by atoms with Crippen LogP contribution in [-0.2, 0) is 20.7 Å². The minimum atomic E-state index is -3.43. The van der Waals surface area contributed by atoms with Gasteiger partial charge < -0.3 is 0 Å². The van der Waals surface area contributed by atoms with Gasteiger partial charge in [-0.2, -0.15) is 8.42 Å². The van der Waals surface area contributed by atoms with Gasteiger partial charge in [-0.25, -0.2) is 4.39 Å². The van der Waals surface area contributed by atoms with Crippen LogP contribution >= 0.6 is 0 Å². The molecule has 1 rings (SSSR count). The molecular formula is C10H13FO3S. The third kappa shape index (κ3) is 4.90. The van der Waals surface area contributed by atoms with Gasteiger partial charge in [0.25, 0.3) is 10.1 Å². The van der Waals surface area contributed by atoms with E-state index in [2.05, 4.69) is 0 Å². The Morgan fingerprint density at radius 2 is 1.87 bits per heavy atom. The monoisotopic (exact) mass is 232 g/mol. The molecule has 1 atom stereocenters. The molecule has 3 nitrogen and oxygen atoms in total. The standard InChI is InChI=1S/C10H13FO3S/c1-8(14-15(2,12)13)7-9-3-5-10(11)6-4-9/h3-6,8H,7H2,1-2H3. The molecule has 0 aliphatic rings. The number of hydrogen-bond donors (Lipinski definition) is 0. The van der Waals surface area contributed by atoms with Gasteiger partial charge in [0.05, 0.1) is 12.4 Å². The van der Waals surface area contributed by atoms with E-state index in [0.717, 1.165) is 11.8 Å². The van der Waals surface area contributed by atoms with Crippen LogP contribution in [0, 0.1) is 5.82 Å². The predicted octanol–water partition coefficient (Wildman–Crippen LogP) is 1.73. The van der Waals surface area contributed by atoms with Gasteiger partial charge in [0.2, 0.25) is 0 Å². The highest BCUT2D eigenvalue weighted by atomic mass is 32.2. The second kappa shape index (κ2) is 4.72. The van der Waals surface area contributed by atoms with Crippen molar-refractivity contribution in [3.8, 4) is 0 Å². The summed E-state index contributed by atoms with van der Waals surface area (Å²) in [5, 5.41) is 0. The SMILES string of the molecule is CC(Cc1ccc(F)cc1)OS(C)(=O)=O. The number of hydrogen-bond acceptors (Lipinski definition) is 3. The average molecular weight is 232 g/mol. The number of benzene rings is 1. The molecule has 0 aliphatic carbocycles. The molecule has 0 aliphatic heterocycles. The van der Waals surface area contributed by atoms with Gasteiger partial charge in [0.1, 0.15) is 5.82 Å². The first-order valence-corrected chi connectivity index (χ1v) is 6.31. The molecule has 0 fully saturated rings. The van der Waals surface area contributed by atoms with E-state index in [1.54, 1.807) is 19.1 Å². The maximum atomic E-state index is 12.6. The topological polar surface area (TPSA) is 43.4 Å². The zero-order valence-electron chi connectivity index (χ0n) is 8.60. The van der Waals surface area contributed by atoms with Crippen LogP contribution in [0.25, 0.3) is 0 Å². The normalized spacial score (nSPS) is 13.8. The Morgan fingerprint density at radius 1 is 1.33 bits per heavy atom. The molecule has 0 bridgehead atoms. The summed E-state index contributed by atoms with van der Waals surface area (Å²) in [6.45, 7) is 1.66. The van der Waals surface area contributed by atoms with Crippen molar-refractivity contribution in [3.63, 3.8) is 0 Å². The van der Waals surface area contributed by atoms with E-state index in [1.807, 2.05) is 0 Å². The summed E-state index contributed by atoms with van der Waals surface area (Å²) in [6, 6.07) is 5.89. The highest BCUT2D eigenvalue weighted by Gasteiger charge is 2.10. The molecule has 0 saturated heterocycles. The molecule has 0 saturated carbocycles. The van der Waals surface area contributed by atoms with Crippen LogP contribution in [-0.4, -0.2) is 20.8 Å². The van der Waals surface area contributed by atoms with E-state index in [0.29, 0.717) is 6.42 Å². The molecule has 0 spiro atoms. The van der Waals surface area contributed by atoms with Crippen molar-refractivity contribution in [2.75, 3.05) is 6.26 Å². The van der Waals surface area contributed by atoms with Crippen molar-refractivity contribution >= 4 is 10.1 Å². The van der Waals surface area contributed by atoms with Crippen molar-refractivity contribution in [3.05, 3.63) is 35.6 Å². The molecule has 0 N–H and O–H groups in total. The molecule has 1 aromatic rings. The first kappa shape index (κ1) is 12.1. The zero-order valence-corrected chi connectivity index (χ0v) is 9.42. The van der Waals surface area contributed by atoms with E-state index < -0.39 is 16.2 Å². The largest absolute Gasteiger partial charge is 0.267 e. The van der Waals surface area contributed by atoms with Crippen LogP contribution in [0.1, 0.15) is 12.5 Å². The molecule has 0 amide bonds. The summed E-state index contributed by atoms with van der Waals surface area (Å²) >= 11 is 0. The van der Waals surface area contributed by atoms with Gasteiger partial charge in [-0.3, -0.25) is 4.18 Å². The second-order valence-electron chi connectivity index (χ2n) is 3.44. The molecule has 0 aromatic heterocycles. The predicted molar refractivity (Wildman–Crippen MR) is 55.5 cm³/mol. The fourth-order valence-electron chi connectivity index (χ4n) is 1.28. The smallest absolute Gasteiger partial charge is 0.264 e. The molecule has 0 heterocycles. The fourth-order valence-corrected chi connectivity index (χ4v) is 1.95. The molecule has 1 unspecified atom stereocenters. The zero-order chi connectivity index (χ0) is 11.5. The Balaban J connectivity index is 2.59. The highest BCUT2D eigenvalue weighted by molar-refractivity contribution is 7.86. The summed E-state index contributed by atoms with van der Waals surface area (Å²) in [5.74, 6) is -0.310. The first-order chi connectivity index (χ1) is 6.87. The number of rotatable bonds is 4. The van der Waals surface area contributed by atoms with E-state index in [1.165, 1.54) is 12.1 Å². The van der Waals surface area contributed by atoms with Gasteiger partial charge in [0, 0.05) is 0 Å². The Labute approximate surface area is 89.0 Å². The van der Waals surface area contributed by atoms with Gasteiger partial charge in [-0.1, -0.05) is 12.1 Å². The van der Waals surface area contributed by atoms with Gasteiger partial charge in [0.15, 0.2) is 0 Å². The summed E-state index contributed by atoms with van der Waals surface area (Å²) in [7, 11) is -3.43. The maximum Gasteiger partial charge on any atom is 0.264 e. The molecule has 1 aromatic carbocycles. The van der Waals surface area contributed by atoms with Crippen molar-refractivity contribution in [1.29, 1.82) is 0 Å². The molecular weight excluding hydrogens is 219 g/mol. The molecule has 0 radical (unpaired) electrons. The Hall–Kier alpha value is -0.940. The highest BCUT2D eigenvalue weighted by Crippen LogP contribution is 2.08. The Bertz CT molecular complexity index is 411. The fraction of sp³-hybridized carbons (Fsp3) is 0.400. The summed E-state index contributed by atoms with van der Waals surface area (Å²) in [4.78, 5) is 0. The van der Waals surface area contributed by atoms with Gasteiger partial charge in [-0.15, -0.1) is 0 Å². The third-order valence-electron chi connectivity index (χ3n) is 1.78. The summed E-state index contributed by atoms with van der Waals surface area (Å²) < 4.78 is 38.9. The minimum Gasteiger partial charge on any atom is -0.267 e. The van der Waals surface area contributed by atoms with E-state index in [4.69, 9.17) is 4.18 Å². The van der Waals surface area contributed by atoms with Crippen LogP contribution < -0.4 is 0 Å². The van der Waals surface area contributed by atoms with Crippen LogP contribution in [0.2, 0.25) is 0 Å². The first-order valence-electron chi connectivity index (χ1n) is 4.49. The lowest BCUT2D eigenvalue weighted by Gasteiger charge is -2.10. The lowest BCUT2D eigenvalue weighted by Crippen LogP contribution is -2.16. The van der Waals surface area contributed by atoms with Crippen LogP contribution in [0.4, 0.5) is 4.39 Å². The summed E-state index contributed by atoms with van der Waals surface area (Å²) in [5.41, 5.74) is 0.840. The van der Waals surface area contributed by atoms with Crippen molar-refractivity contribution in [2.45, 2.75) is 19.4 Å². The van der Waals surface area contributed by atoms with Crippen LogP contribution in [0.5, 0.6) is 0 Å². The van der Waals surface area contributed by atoms with Gasteiger partial charge >= 0.3 is 0 Å². The Morgan fingerprint density at radius 3 is 2.33 bits per heavy atom. The van der Waals surface area contributed by atoms with E-state index in [9.17, 15) is 12.8 Å². The molecule has 5 heteroatoms. The summed E-state index contributed by atoms with van der Waals surface area (Å²) in [6.07, 6.45) is 1.01. The van der Waals surface area contributed by atoms with Crippen LogP contribution in [0.3, 0.4) is 0 Å². The average Bonchev–Trinajstić information content (AvgIpc) is 2.05. The second-order valence-corrected chi connectivity index (χ2v) is 5.04. The third-order valence-corrected chi connectivity index (χ3v) is 2.45. The molecule has 15 heavy (non-hydrogen) atoms. The lowest BCUT2D eigenvalue weighted by atomic mass is 10.1. The van der Waals surface area contributed by atoms with E-state index >= 15 is 0 Å². The maximum absolute atomic E-state index is 12.6. The Kier molecular flexibility index (Phi) is 3.82. The van der Waals surface area contributed by atoms with Gasteiger partial charge in [-0.05, 0) is 31.0 Å². The van der Waals surface area contributed by atoms with E-state index in [-0.39, 0.29) is 5.82 Å². The van der Waals surface area contributed by atoms with Crippen molar-refractivity contribution in [1.82, 2.24) is 0 Å². The van der Waals surface area contributed by atoms with Crippen molar-refractivity contribution < 1.29 is 17.0 Å². The number of halogens is 1. The minimum absolute atomic E-state index is 0.310. The van der Waals surface area contributed by atoms with Crippen molar-refractivity contribution in [2.24, 2.45) is 0 Å². The quantitative estimate of drug-likeness (QED) is 0.742. The lowest BCUT2D eigenvalue weighted by molar-refractivity contribution is 0.232. The van der Waals surface area contributed by atoms with Crippen LogP contribution in [0.15, 0.2) is 24.3 Å².